The summed E-state index contributed by atoms with van der Waals surface area (Å²) in [5, 5.41) is 3.07. The van der Waals surface area contributed by atoms with E-state index in [-0.39, 0.29) is 23.7 Å². The molecule has 1 spiro atoms. The second kappa shape index (κ2) is 6.84. The van der Waals surface area contributed by atoms with Gasteiger partial charge >= 0.3 is 0 Å². The number of fused-ring (bicyclic) bond motifs is 1. The first kappa shape index (κ1) is 16.1. The van der Waals surface area contributed by atoms with E-state index in [1.807, 2.05) is 12.4 Å². The molecule has 2 aliphatic heterocycles. The second-order valence-electron chi connectivity index (χ2n) is 7.35. The standard InChI is InChI=1S/C18H27N3O3/c22-17(14-5-9-21-10-8-19-16(21)11-14)20-12-15-13-23-18(24-15)6-3-1-2-4-7-18/h8,10,14-15H,1-7,9,11-13H2,(H,20,22). The van der Waals surface area contributed by atoms with Crippen LogP contribution < -0.4 is 5.32 Å². The van der Waals surface area contributed by atoms with Crippen LogP contribution in [0.4, 0.5) is 0 Å². The smallest absolute Gasteiger partial charge is 0.223 e. The lowest BCUT2D eigenvalue weighted by Crippen LogP contribution is -2.40. The molecule has 1 saturated heterocycles. The van der Waals surface area contributed by atoms with Crippen molar-refractivity contribution < 1.29 is 14.3 Å². The highest BCUT2D eigenvalue weighted by Crippen LogP contribution is 2.36. The highest BCUT2D eigenvalue weighted by Gasteiger charge is 2.41. The Morgan fingerprint density at radius 3 is 3.00 bits per heavy atom. The summed E-state index contributed by atoms with van der Waals surface area (Å²) in [6.45, 7) is 2.01. The van der Waals surface area contributed by atoms with Gasteiger partial charge in [-0.3, -0.25) is 4.79 Å². The van der Waals surface area contributed by atoms with Crippen LogP contribution in [0.15, 0.2) is 12.4 Å². The van der Waals surface area contributed by atoms with Crippen molar-refractivity contribution in [3.05, 3.63) is 18.2 Å². The first-order valence-corrected chi connectivity index (χ1v) is 9.34. The number of imidazole rings is 1. The number of ether oxygens (including phenoxy) is 2. The zero-order valence-corrected chi connectivity index (χ0v) is 14.2. The molecule has 2 unspecified atom stereocenters. The molecular formula is C18H27N3O3. The fourth-order valence-electron chi connectivity index (χ4n) is 4.18. The Balaban J connectivity index is 1.26. The average molecular weight is 333 g/mol. The molecule has 6 nitrogen and oxygen atoms in total. The molecule has 132 valence electrons. The van der Waals surface area contributed by atoms with E-state index in [4.69, 9.17) is 9.47 Å². The largest absolute Gasteiger partial charge is 0.353 e. The Kier molecular flexibility index (Phi) is 4.59. The molecule has 6 heteroatoms. The second-order valence-corrected chi connectivity index (χ2v) is 7.35. The molecule has 2 fully saturated rings. The van der Waals surface area contributed by atoms with Crippen LogP contribution in [0.1, 0.15) is 50.8 Å². The number of nitrogens with one attached hydrogen (secondary N) is 1. The van der Waals surface area contributed by atoms with E-state index in [1.165, 1.54) is 25.7 Å². The number of hydrogen-bond acceptors (Lipinski definition) is 4. The van der Waals surface area contributed by atoms with E-state index in [0.717, 1.165) is 38.1 Å². The van der Waals surface area contributed by atoms with E-state index in [0.29, 0.717) is 13.2 Å². The van der Waals surface area contributed by atoms with E-state index < -0.39 is 0 Å². The molecule has 3 heterocycles. The lowest BCUT2D eigenvalue weighted by Gasteiger charge is -2.27. The quantitative estimate of drug-likeness (QED) is 0.919. The molecule has 3 aliphatic rings. The van der Waals surface area contributed by atoms with Gasteiger partial charge in [0.15, 0.2) is 5.79 Å². The van der Waals surface area contributed by atoms with Crippen LogP contribution in [-0.2, 0) is 27.2 Å². The minimum absolute atomic E-state index is 0.0161. The number of aryl methyl sites for hydroxylation is 1. The van der Waals surface area contributed by atoms with Crippen molar-refractivity contribution in [2.45, 2.75) is 69.8 Å². The fraction of sp³-hybridized carbons (Fsp3) is 0.778. The van der Waals surface area contributed by atoms with Crippen LogP contribution >= 0.6 is 0 Å². The van der Waals surface area contributed by atoms with E-state index in [1.54, 1.807) is 0 Å². The highest BCUT2D eigenvalue weighted by atomic mass is 16.7. The molecule has 2 atom stereocenters. The van der Waals surface area contributed by atoms with Gasteiger partial charge in [0.25, 0.3) is 0 Å². The molecule has 24 heavy (non-hydrogen) atoms. The highest BCUT2D eigenvalue weighted by molar-refractivity contribution is 5.79. The summed E-state index contributed by atoms with van der Waals surface area (Å²) in [6, 6.07) is 0. The van der Waals surface area contributed by atoms with Crippen molar-refractivity contribution in [1.82, 2.24) is 14.9 Å². The molecule has 1 amide bonds. The maximum atomic E-state index is 12.5. The summed E-state index contributed by atoms with van der Waals surface area (Å²) >= 11 is 0. The zero-order chi connectivity index (χ0) is 16.4. The van der Waals surface area contributed by atoms with Crippen LogP contribution in [0, 0.1) is 5.92 Å². The van der Waals surface area contributed by atoms with Gasteiger partial charge in [0.05, 0.1) is 6.61 Å². The molecule has 1 aromatic heterocycles. The molecule has 0 aromatic carbocycles. The third-order valence-corrected chi connectivity index (χ3v) is 5.60. The average Bonchev–Trinajstić information content (AvgIpc) is 3.15. The van der Waals surface area contributed by atoms with Gasteiger partial charge in [-0.15, -0.1) is 0 Å². The normalized spacial score (nSPS) is 29.2. The topological polar surface area (TPSA) is 65.4 Å². The number of hydrogen-bond donors (Lipinski definition) is 1. The number of aromatic nitrogens is 2. The minimum atomic E-state index is -0.374. The predicted octanol–water partition coefficient (Wildman–Crippen LogP) is 2.03. The lowest BCUT2D eigenvalue weighted by atomic mass is 9.97. The lowest BCUT2D eigenvalue weighted by molar-refractivity contribution is -0.175. The Hall–Kier alpha value is -1.40. The number of carbonyl (C=O) groups excluding carboxylic acids is 1. The minimum Gasteiger partial charge on any atom is -0.353 e. The first-order valence-electron chi connectivity index (χ1n) is 9.34. The van der Waals surface area contributed by atoms with E-state index in [9.17, 15) is 4.79 Å². The molecule has 1 N–H and O–H groups in total. The van der Waals surface area contributed by atoms with Crippen molar-refractivity contribution in [1.29, 1.82) is 0 Å². The van der Waals surface area contributed by atoms with Gasteiger partial charge in [0.2, 0.25) is 5.91 Å². The number of rotatable bonds is 3. The molecule has 4 rings (SSSR count). The SMILES string of the molecule is O=C(NCC1COC2(CCCCCC2)O1)C1CCn2ccnc2C1. The summed E-state index contributed by atoms with van der Waals surface area (Å²) in [4.78, 5) is 16.8. The van der Waals surface area contributed by atoms with Crippen molar-refractivity contribution >= 4 is 5.91 Å². The number of carbonyl (C=O) groups is 1. The van der Waals surface area contributed by atoms with Crippen molar-refractivity contribution in [2.75, 3.05) is 13.2 Å². The Morgan fingerprint density at radius 2 is 2.17 bits per heavy atom. The van der Waals surface area contributed by atoms with Gasteiger partial charge in [0.1, 0.15) is 11.9 Å². The third kappa shape index (κ3) is 3.35. The summed E-state index contributed by atoms with van der Waals surface area (Å²) in [5.74, 6) is 0.782. The number of nitrogens with zero attached hydrogens (tertiary/aromatic N) is 2. The van der Waals surface area contributed by atoms with Crippen LogP contribution in [-0.4, -0.2) is 40.5 Å². The first-order chi connectivity index (χ1) is 11.7. The van der Waals surface area contributed by atoms with Gasteiger partial charge in [-0.25, -0.2) is 4.98 Å². The predicted molar refractivity (Wildman–Crippen MR) is 88.3 cm³/mol. The van der Waals surface area contributed by atoms with Gasteiger partial charge in [0, 0.05) is 50.7 Å². The van der Waals surface area contributed by atoms with Crippen molar-refractivity contribution in [3.8, 4) is 0 Å². The van der Waals surface area contributed by atoms with E-state index >= 15 is 0 Å². The summed E-state index contributed by atoms with van der Waals surface area (Å²) in [7, 11) is 0. The molecular weight excluding hydrogens is 306 g/mol. The molecule has 1 aromatic rings. The van der Waals surface area contributed by atoms with Crippen molar-refractivity contribution in [2.24, 2.45) is 5.92 Å². The van der Waals surface area contributed by atoms with Gasteiger partial charge in [-0.05, 0) is 19.3 Å². The summed E-state index contributed by atoms with van der Waals surface area (Å²) in [5.41, 5.74) is 0. The van der Waals surface area contributed by atoms with Gasteiger partial charge in [-0.1, -0.05) is 12.8 Å². The molecule has 1 saturated carbocycles. The molecule has 0 radical (unpaired) electrons. The van der Waals surface area contributed by atoms with Gasteiger partial charge in [-0.2, -0.15) is 0 Å². The molecule has 0 bridgehead atoms. The maximum Gasteiger partial charge on any atom is 0.223 e. The van der Waals surface area contributed by atoms with Gasteiger partial charge < -0.3 is 19.4 Å². The van der Waals surface area contributed by atoms with Crippen LogP contribution in [0.3, 0.4) is 0 Å². The Labute approximate surface area is 142 Å². The maximum absolute atomic E-state index is 12.5. The zero-order valence-electron chi connectivity index (χ0n) is 14.2. The Bertz CT molecular complexity index is 578. The number of amides is 1. The summed E-state index contributed by atoms with van der Waals surface area (Å²) < 4.78 is 14.3. The fourth-order valence-corrected chi connectivity index (χ4v) is 4.18. The Morgan fingerprint density at radius 1 is 1.33 bits per heavy atom. The van der Waals surface area contributed by atoms with Crippen molar-refractivity contribution in [3.63, 3.8) is 0 Å². The van der Waals surface area contributed by atoms with Crippen LogP contribution in [0.25, 0.3) is 0 Å². The summed E-state index contributed by atoms with van der Waals surface area (Å²) in [6.07, 6.45) is 12.3. The monoisotopic (exact) mass is 333 g/mol. The van der Waals surface area contributed by atoms with E-state index in [2.05, 4.69) is 14.9 Å². The van der Waals surface area contributed by atoms with Crippen LogP contribution in [0.2, 0.25) is 0 Å². The van der Waals surface area contributed by atoms with Crippen LogP contribution in [0.5, 0.6) is 0 Å². The molecule has 1 aliphatic carbocycles. The third-order valence-electron chi connectivity index (χ3n) is 5.60.